The van der Waals surface area contributed by atoms with Crippen molar-refractivity contribution >= 4 is 11.7 Å². The fraction of sp³-hybridized carbons (Fsp3) is 0.294. The van der Waals surface area contributed by atoms with E-state index < -0.39 is 0 Å². The standard InChI is InChI=1S/C17H21N3O2/c1-20(2)16-14(8-6-11-18-16)17(21)19-12-10-13-7-4-5-9-15(13)22-3/h4-9,11H,10,12H2,1-3H3,(H,19,21). The molecule has 0 bridgehead atoms. The lowest BCUT2D eigenvalue weighted by Crippen LogP contribution is -2.28. The van der Waals surface area contributed by atoms with E-state index in [2.05, 4.69) is 10.3 Å². The van der Waals surface area contributed by atoms with Gasteiger partial charge in [0, 0.05) is 26.8 Å². The van der Waals surface area contributed by atoms with Gasteiger partial charge < -0.3 is 15.0 Å². The van der Waals surface area contributed by atoms with Crippen LogP contribution in [0.25, 0.3) is 0 Å². The van der Waals surface area contributed by atoms with Gasteiger partial charge in [-0.15, -0.1) is 0 Å². The number of carbonyl (C=O) groups excluding carboxylic acids is 1. The lowest BCUT2D eigenvalue weighted by atomic mass is 10.1. The third kappa shape index (κ3) is 3.75. The topological polar surface area (TPSA) is 54.5 Å². The van der Waals surface area contributed by atoms with Crippen molar-refractivity contribution in [2.45, 2.75) is 6.42 Å². The Morgan fingerprint density at radius 2 is 2.00 bits per heavy atom. The first-order chi connectivity index (χ1) is 10.6. The summed E-state index contributed by atoms with van der Waals surface area (Å²) in [5.41, 5.74) is 1.65. The smallest absolute Gasteiger partial charge is 0.255 e. The molecule has 0 aliphatic heterocycles. The van der Waals surface area contributed by atoms with Crippen LogP contribution < -0.4 is 15.0 Å². The second-order valence-electron chi connectivity index (χ2n) is 5.09. The van der Waals surface area contributed by atoms with Crippen molar-refractivity contribution in [1.82, 2.24) is 10.3 Å². The van der Waals surface area contributed by atoms with Crippen LogP contribution in [0, 0.1) is 0 Å². The number of methoxy groups -OCH3 is 1. The number of nitrogens with zero attached hydrogens (tertiary/aromatic N) is 2. The van der Waals surface area contributed by atoms with Gasteiger partial charge in [-0.25, -0.2) is 4.98 Å². The highest BCUT2D eigenvalue weighted by molar-refractivity contribution is 5.98. The van der Waals surface area contributed by atoms with Crippen LogP contribution in [0.4, 0.5) is 5.82 Å². The molecule has 0 saturated heterocycles. The molecule has 0 saturated carbocycles. The van der Waals surface area contributed by atoms with Gasteiger partial charge in [0.2, 0.25) is 0 Å². The van der Waals surface area contributed by atoms with E-state index in [4.69, 9.17) is 4.74 Å². The normalized spacial score (nSPS) is 10.1. The van der Waals surface area contributed by atoms with Crippen LogP contribution in [-0.2, 0) is 6.42 Å². The van der Waals surface area contributed by atoms with Gasteiger partial charge in [0.1, 0.15) is 11.6 Å². The van der Waals surface area contributed by atoms with Crippen LogP contribution in [0.2, 0.25) is 0 Å². The van der Waals surface area contributed by atoms with Crippen LogP contribution in [0.5, 0.6) is 5.75 Å². The minimum Gasteiger partial charge on any atom is -0.496 e. The molecule has 1 heterocycles. The fourth-order valence-corrected chi connectivity index (χ4v) is 2.25. The number of rotatable bonds is 6. The van der Waals surface area contributed by atoms with Gasteiger partial charge in [-0.3, -0.25) is 4.79 Å². The molecule has 0 spiro atoms. The number of amides is 1. The minimum atomic E-state index is -0.119. The summed E-state index contributed by atoms with van der Waals surface area (Å²) in [4.78, 5) is 18.4. The van der Waals surface area contributed by atoms with Gasteiger partial charge in [-0.05, 0) is 30.2 Å². The molecule has 0 unspecified atom stereocenters. The predicted octanol–water partition coefficient (Wildman–Crippen LogP) is 2.13. The number of carbonyl (C=O) groups is 1. The molecule has 116 valence electrons. The Bertz CT molecular complexity index is 641. The third-order valence-electron chi connectivity index (χ3n) is 3.33. The molecule has 22 heavy (non-hydrogen) atoms. The molecule has 0 radical (unpaired) electrons. The fourth-order valence-electron chi connectivity index (χ4n) is 2.25. The Labute approximate surface area is 130 Å². The monoisotopic (exact) mass is 299 g/mol. The van der Waals surface area contributed by atoms with Crippen LogP contribution in [0.1, 0.15) is 15.9 Å². The minimum absolute atomic E-state index is 0.119. The maximum absolute atomic E-state index is 12.3. The van der Waals surface area contributed by atoms with Crippen molar-refractivity contribution in [2.24, 2.45) is 0 Å². The highest BCUT2D eigenvalue weighted by atomic mass is 16.5. The number of hydrogen-bond donors (Lipinski definition) is 1. The van der Waals surface area contributed by atoms with E-state index in [1.54, 1.807) is 25.4 Å². The zero-order valence-electron chi connectivity index (χ0n) is 13.2. The zero-order chi connectivity index (χ0) is 15.9. The van der Waals surface area contributed by atoms with E-state index in [0.29, 0.717) is 24.3 Å². The van der Waals surface area contributed by atoms with Gasteiger partial charge in [0.05, 0.1) is 12.7 Å². The zero-order valence-corrected chi connectivity index (χ0v) is 13.2. The molecule has 0 fully saturated rings. The number of pyridine rings is 1. The first kappa shape index (κ1) is 15.8. The lowest BCUT2D eigenvalue weighted by Gasteiger charge is -2.15. The Balaban J connectivity index is 1.99. The Morgan fingerprint density at radius 3 is 2.73 bits per heavy atom. The van der Waals surface area contributed by atoms with Crippen LogP contribution >= 0.6 is 0 Å². The lowest BCUT2D eigenvalue weighted by molar-refractivity contribution is 0.0954. The Morgan fingerprint density at radius 1 is 1.23 bits per heavy atom. The number of hydrogen-bond acceptors (Lipinski definition) is 4. The first-order valence-corrected chi connectivity index (χ1v) is 7.16. The summed E-state index contributed by atoms with van der Waals surface area (Å²) in [5, 5.41) is 2.93. The summed E-state index contributed by atoms with van der Waals surface area (Å²) in [5.74, 6) is 1.39. The van der Waals surface area contributed by atoms with Crippen molar-refractivity contribution in [2.75, 3.05) is 32.6 Å². The molecule has 0 aliphatic carbocycles. The molecule has 2 aromatic rings. The van der Waals surface area contributed by atoms with Crippen molar-refractivity contribution in [1.29, 1.82) is 0 Å². The number of anilines is 1. The van der Waals surface area contributed by atoms with Gasteiger partial charge in [-0.1, -0.05) is 18.2 Å². The van der Waals surface area contributed by atoms with Crippen LogP contribution in [0.15, 0.2) is 42.6 Å². The Kier molecular flexibility index (Phi) is 5.36. The third-order valence-corrected chi connectivity index (χ3v) is 3.33. The molecular formula is C17H21N3O2. The van der Waals surface area contributed by atoms with Gasteiger partial charge >= 0.3 is 0 Å². The number of benzene rings is 1. The quantitative estimate of drug-likeness (QED) is 0.888. The maximum atomic E-state index is 12.3. The number of ether oxygens (including phenoxy) is 1. The van der Waals surface area contributed by atoms with Gasteiger partial charge in [0.15, 0.2) is 0 Å². The summed E-state index contributed by atoms with van der Waals surface area (Å²) in [6.45, 7) is 0.543. The average Bonchev–Trinajstić information content (AvgIpc) is 2.55. The van der Waals surface area contributed by atoms with E-state index in [1.165, 1.54) is 0 Å². The largest absolute Gasteiger partial charge is 0.496 e. The number of para-hydroxylation sites is 1. The molecule has 1 aromatic carbocycles. The molecule has 2 rings (SSSR count). The van der Waals surface area contributed by atoms with Crippen molar-refractivity contribution < 1.29 is 9.53 Å². The van der Waals surface area contributed by atoms with E-state index >= 15 is 0 Å². The van der Waals surface area contributed by atoms with E-state index in [-0.39, 0.29) is 5.91 Å². The van der Waals surface area contributed by atoms with E-state index in [9.17, 15) is 4.79 Å². The highest BCUT2D eigenvalue weighted by Gasteiger charge is 2.13. The van der Waals surface area contributed by atoms with Crippen LogP contribution in [0.3, 0.4) is 0 Å². The van der Waals surface area contributed by atoms with Crippen molar-refractivity contribution in [3.8, 4) is 5.75 Å². The second kappa shape index (κ2) is 7.45. The molecule has 1 amide bonds. The first-order valence-electron chi connectivity index (χ1n) is 7.16. The van der Waals surface area contributed by atoms with Crippen molar-refractivity contribution in [3.05, 3.63) is 53.7 Å². The molecule has 1 N–H and O–H groups in total. The molecule has 5 nitrogen and oxygen atoms in total. The van der Waals surface area contributed by atoms with Crippen LogP contribution in [-0.4, -0.2) is 38.6 Å². The molecular weight excluding hydrogens is 278 g/mol. The van der Waals surface area contributed by atoms with E-state index in [0.717, 1.165) is 11.3 Å². The van der Waals surface area contributed by atoms with Gasteiger partial charge in [0.25, 0.3) is 5.91 Å². The Hall–Kier alpha value is -2.56. The summed E-state index contributed by atoms with van der Waals surface area (Å²) >= 11 is 0. The van der Waals surface area contributed by atoms with E-state index in [1.807, 2.05) is 43.3 Å². The molecule has 1 aromatic heterocycles. The summed E-state index contributed by atoms with van der Waals surface area (Å²) in [6, 6.07) is 11.4. The second-order valence-corrected chi connectivity index (χ2v) is 5.09. The highest BCUT2D eigenvalue weighted by Crippen LogP contribution is 2.17. The molecule has 0 aliphatic rings. The van der Waals surface area contributed by atoms with Crippen molar-refractivity contribution in [3.63, 3.8) is 0 Å². The average molecular weight is 299 g/mol. The molecule has 5 heteroatoms. The summed E-state index contributed by atoms with van der Waals surface area (Å²) < 4.78 is 5.31. The summed E-state index contributed by atoms with van der Waals surface area (Å²) in [7, 11) is 5.39. The number of nitrogens with one attached hydrogen (secondary N) is 1. The summed E-state index contributed by atoms with van der Waals surface area (Å²) in [6.07, 6.45) is 2.40. The SMILES string of the molecule is COc1ccccc1CCNC(=O)c1cccnc1N(C)C. The maximum Gasteiger partial charge on any atom is 0.255 e. The predicted molar refractivity (Wildman–Crippen MR) is 87.6 cm³/mol. The van der Waals surface area contributed by atoms with Gasteiger partial charge in [-0.2, -0.15) is 0 Å². The molecule has 0 atom stereocenters. The number of aromatic nitrogens is 1.